The Morgan fingerprint density at radius 1 is 0.964 bits per heavy atom. The van der Waals surface area contributed by atoms with Gasteiger partial charge < -0.3 is 20.2 Å². The summed E-state index contributed by atoms with van der Waals surface area (Å²) >= 11 is 0. The lowest BCUT2D eigenvalue weighted by molar-refractivity contribution is -0.140. The van der Waals surface area contributed by atoms with Crippen molar-refractivity contribution in [1.29, 1.82) is 0 Å². The minimum atomic E-state index is -0.864. The van der Waals surface area contributed by atoms with Gasteiger partial charge in [-0.15, -0.1) is 0 Å². The predicted octanol–water partition coefficient (Wildman–Crippen LogP) is 4.29. The van der Waals surface area contributed by atoms with E-state index in [0.717, 1.165) is 32.1 Å². The van der Waals surface area contributed by atoms with Gasteiger partial charge in [0.15, 0.2) is 5.76 Å². The van der Waals surface area contributed by atoms with Crippen LogP contribution in [0.4, 0.5) is 11.4 Å². The predicted molar refractivity (Wildman–Crippen MR) is 104 cm³/mol. The van der Waals surface area contributed by atoms with Crippen molar-refractivity contribution in [3.63, 3.8) is 0 Å². The average Bonchev–Trinajstić information content (AvgIpc) is 3.16. The monoisotopic (exact) mass is 384 g/mol. The van der Waals surface area contributed by atoms with Gasteiger partial charge in [0.1, 0.15) is 0 Å². The molecule has 1 aromatic heterocycles. The minimum absolute atomic E-state index is 0.0136. The van der Waals surface area contributed by atoms with Crippen molar-refractivity contribution in [3.8, 4) is 0 Å². The lowest BCUT2D eigenvalue weighted by Crippen LogP contribution is -2.32. The van der Waals surface area contributed by atoms with Gasteiger partial charge in [0.2, 0.25) is 5.91 Å². The van der Waals surface area contributed by atoms with Crippen molar-refractivity contribution in [2.24, 2.45) is 5.41 Å². The molecule has 1 aromatic carbocycles. The highest BCUT2D eigenvalue weighted by molar-refractivity contribution is 6.02. The van der Waals surface area contributed by atoms with Crippen LogP contribution in [0, 0.1) is 5.41 Å². The van der Waals surface area contributed by atoms with Crippen LogP contribution in [0.2, 0.25) is 0 Å². The third-order valence-electron chi connectivity index (χ3n) is 5.13. The number of amides is 2. The van der Waals surface area contributed by atoms with Crippen molar-refractivity contribution < 1.29 is 23.9 Å². The summed E-state index contributed by atoms with van der Waals surface area (Å²) < 4.78 is 5.06. The first-order valence-corrected chi connectivity index (χ1v) is 9.42. The Kier molecular flexibility index (Phi) is 6.13. The van der Waals surface area contributed by atoms with Crippen LogP contribution in [0.15, 0.2) is 47.1 Å². The number of carboxylic acid groups (broad SMARTS) is 1. The molecule has 1 fully saturated rings. The first-order valence-electron chi connectivity index (χ1n) is 9.42. The zero-order valence-electron chi connectivity index (χ0n) is 15.6. The number of furan rings is 1. The van der Waals surface area contributed by atoms with E-state index in [1.165, 1.54) is 6.26 Å². The number of carbonyl (C=O) groups excluding carboxylic acids is 2. The van der Waals surface area contributed by atoms with Gasteiger partial charge in [-0.1, -0.05) is 25.3 Å². The minimum Gasteiger partial charge on any atom is -0.481 e. The standard InChI is InChI=1S/C21H24N2O5/c24-18(13-21(14-19(25)26)9-2-1-3-10-21)22-15-6-4-7-16(12-15)23-20(27)17-8-5-11-28-17/h4-8,11-12H,1-3,9-10,13-14H2,(H,22,24)(H,23,27)(H,25,26). The largest absolute Gasteiger partial charge is 0.481 e. The molecule has 7 nitrogen and oxygen atoms in total. The van der Waals surface area contributed by atoms with Gasteiger partial charge >= 0.3 is 5.97 Å². The second-order valence-electron chi connectivity index (χ2n) is 7.37. The molecule has 2 amide bonds. The fraction of sp³-hybridized carbons (Fsp3) is 0.381. The molecule has 1 aliphatic carbocycles. The number of hydrogen-bond acceptors (Lipinski definition) is 4. The summed E-state index contributed by atoms with van der Waals surface area (Å²) in [5, 5.41) is 14.8. The second-order valence-corrected chi connectivity index (χ2v) is 7.37. The second kappa shape index (κ2) is 8.73. The number of benzene rings is 1. The van der Waals surface area contributed by atoms with Crippen LogP contribution < -0.4 is 10.6 Å². The van der Waals surface area contributed by atoms with Crippen LogP contribution >= 0.6 is 0 Å². The lowest BCUT2D eigenvalue weighted by Gasteiger charge is -2.35. The summed E-state index contributed by atoms with van der Waals surface area (Å²) in [5.41, 5.74) is 0.597. The summed E-state index contributed by atoms with van der Waals surface area (Å²) in [6, 6.07) is 10.0. The SMILES string of the molecule is O=C(O)CC1(CC(=O)Nc2cccc(NC(=O)c3ccco3)c2)CCCCC1. The maximum absolute atomic E-state index is 12.6. The number of hydrogen-bond donors (Lipinski definition) is 3. The van der Waals surface area contributed by atoms with Gasteiger partial charge in [-0.25, -0.2) is 0 Å². The average molecular weight is 384 g/mol. The summed E-state index contributed by atoms with van der Waals surface area (Å²) in [6.45, 7) is 0. The Hall–Kier alpha value is -3.09. The first-order chi connectivity index (χ1) is 13.5. The molecule has 1 aliphatic rings. The van der Waals surface area contributed by atoms with E-state index in [0.29, 0.717) is 11.4 Å². The molecular formula is C21H24N2O5. The highest BCUT2D eigenvalue weighted by Gasteiger charge is 2.36. The fourth-order valence-electron chi connectivity index (χ4n) is 3.86. The Balaban J connectivity index is 1.63. The summed E-state index contributed by atoms with van der Waals surface area (Å²) in [7, 11) is 0. The zero-order valence-corrected chi connectivity index (χ0v) is 15.6. The van der Waals surface area contributed by atoms with E-state index in [-0.39, 0.29) is 30.4 Å². The molecule has 0 radical (unpaired) electrons. The van der Waals surface area contributed by atoms with E-state index < -0.39 is 11.4 Å². The quantitative estimate of drug-likeness (QED) is 0.660. The molecule has 1 saturated carbocycles. The Bertz CT molecular complexity index is 838. The van der Waals surface area contributed by atoms with Crippen molar-refractivity contribution in [3.05, 3.63) is 48.4 Å². The number of carboxylic acids is 1. The van der Waals surface area contributed by atoms with E-state index in [2.05, 4.69) is 10.6 Å². The van der Waals surface area contributed by atoms with Gasteiger partial charge in [-0.2, -0.15) is 0 Å². The van der Waals surface area contributed by atoms with Crippen LogP contribution in [0.3, 0.4) is 0 Å². The van der Waals surface area contributed by atoms with Crippen molar-refractivity contribution in [1.82, 2.24) is 0 Å². The fourth-order valence-corrected chi connectivity index (χ4v) is 3.86. The summed E-state index contributed by atoms with van der Waals surface area (Å²) in [4.78, 5) is 35.9. The number of nitrogens with one attached hydrogen (secondary N) is 2. The molecule has 0 aliphatic heterocycles. The molecule has 0 unspecified atom stereocenters. The van der Waals surface area contributed by atoms with Crippen LogP contribution in [-0.2, 0) is 9.59 Å². The third kappa shape index (κ3) is 5.22. The number of anilines is 2. The molecule has 2 aromatic rings. The van der Waals surface area contributed by atoms with Gasteiger partial charge in [0.25, 0.3) is 5.91 Å². The van der Waals surface area contributed by atoms with Crippen LogP contribution in [-0.4, -0.2) is 22.9 Å². The maximum atomic E-state index is 12.6. The molecule has 148 valence electrons. The van der Waals surface area contributed by atoms with E-state index in [9.17, 15) is 19.5 Å². The Morgan fingerprint density at radius 3 is 2.32 bits per heavy atom. The molecule has 1 heterocycles. The first kappa shape index (κ1) is 19.7. The van der Waals surface area contributed by atoms with Gasteiger partial charge in [-0.05, 0) is 48.6 Å². The molecule has 0 saturated heterocycles. The molecular weight excluding hydrogens is 360 g/mol. The number of aliphatic carboxylic acids is 1. The zero-order chi connectivity index (χ0) is 20.0. The molecule has 7 heteroatoms. The van der Waals surface area contributed by atoms with Crippen molar-refractivity contribution in [2.75, 3.05) is 10.6 Å². The highest BCUT2D eigenvalue weighted by atomic mass is 16.4. The Labute approximate surface area is 163 Å². The summed E-state index contributed by atoms with van der Waals surface area (Å²) in [5.74, 6) is -1.26. The number of carbonyl (C=O) groups is 3. The molecule has 3 rings (SSSR count). The summed E-state index contributed by atoms with van der Waals surface area (Å²) in [6.07, 6.45) is 6.12. The Morgan fingerprint density at radius 2 is 1.68 bits per heavy atom. The third-order valence-corrected chi connectivity index (χ3v) is 5.13. The van der Waals surface area contributed by atoms with Gasteiger partial charge in [-0.3, -0.25) is 14.4 Å². The van der Waals surface area contributed by atoms with Crippen LogP contribution in [0.5, 0.6) is 0 Å². The smallest absolute Gasteiger partial charge is 0.303 e. The van der Waals surface area contributed by atoms with Crippen molar-refractivity contribution >= 4 is 29.2 Å². The van der Waals surface area contributed by atoms with Crippen molar-refractivity contribution in [2.45, 2.75) is 44.9 Å². The van der Waals surface area contributed by atoms with Gasteiger partial charge in [0.05, 0.1) is 12.7 Å². The van der Waals surface area contributed by atoms with Crippen LogP contribution in [0.25, 0.3) is 0 Å². The highest BCUT2D eigenvalue weighted by Crippen LogP contribution is 2.42. The van der Waals surface area contributed by atoms with E-state index in [1.807, 2.05) is 0 Å². The molecule has 28 heavy (non-hydrogen) atoms. The molecule has 0 atom stereocenters. The molecule has 0 bridgehead atoms. The van der Waals surface area contributed by atoms with E-state index in [1.54, 1.807) is 36.4 Å². The topological polar surface area (TPSA) is 109 Å². The van der Waals surface area contributed by atoms with Crippen LogP contribution in [0.1, 0.15) is 55.5 Å². The molecule has 0 spiro atoms. The number of rotatable bonds is 7. The maximum Gasteiger partial charge on any atom is 0.303 e. The van der Waals surface area contributed by atoms with E-state index >= 15 is 0 Å². The van der Waals surface area contributed by atoms with Gasteiger partial charge in [0, 0.05) is 17.8 Å². The normalized spacial score (nSPS) is 15.6. The molecule has 3 N–H and O–H groups in total. The van der Waals surface area contributed by atoms with E-state index in [4.69, 9.17) is 4.42 Å². The lowest BCUT2D eigenvalue weighted by atomic mass is 9.69.